The number of carbonyl (C=O) groups is 1. The molecule has 0 heterocycles. The molecule has 0 saturated heterocycles. The average molecular weight is 327 g/mol. The Morgan fingerprint density at radius 1 is 1.14 bits per heavy atom. The molecule has 0 aliphatic rings. The van der Waals surface area contributed by atoms with E-state index in [0.717, 1.165) is 11.6 Å². The first kappa shape index (κ1) is 15.6. The maximum atomic E-state index is 13.6. The van der Waals surface area contributed by atoms with Crippen LogP contribution in [0.4, 0.5) is 15.8 Å². The standard InChI is InChI=1S/C15H13Cl2FN2O/c1-7-3-11(17)14(6-10(7)16)20-15(21)9-4-12(18)8(2)13(19)5-9/h3-6H,19H2,1-2H3,(H,20,21). The second-order valence-electron chi connectivity index (χ2n) is 4.71. The number of nitrogens with one attached hydrogen (secondary N) is 1. The summed E-state index contributed by atoms with van der Waals surface area (Å²) in [4.78, 5) is 12.1. The largest absolute Gasteiger partial charge is 0.398 e. The Labute approximate surface area is 131 Å². The Kier molecular flexibility index (Phi) is 4.40. The lowest BCUT2D eigenvalue weighted by molar-refractivity contribution is 0.102. The molecule has 0 spiro atoms. The van der Waals surface area contributed by atoms with E-state index in [0.29, 0.717) is 21.3 Å². The van der Waals surface area contributed by atoms with E-state index in [-0.39, 0.29) is 11.3 Å². The number of hydrogen-bond donors (Lipinski definition) is 2. The van der Waals surface area contributed by atoms with Crippen molar-refractivity contribution in [1.82, 2.24) is 0 Å². The summed E-state index contributed by atoms with van der Waals surface area (Å²) in [6.45, 7) is 3.35. The molecule has 2 rings (SSSR count). The summed E-state index contributed by atoms with van der Waals surface area (Å²) in [6, 6.07) is 5.73. The van der Waals surface area contributed by atoms with Crippen molar-refractivity contribution >= 4 is 40.5 Å². The molecule has 0 aliphatic carbocycles. The first-order valence-electron chi connectivity index (χ1n) is 6.12. The minimum atomic E-state index is -0.534. The number of hydrogen-bond acceptors (Lipinski definition) is 2. The molecule has 21 heavy (non-hydrogen) atoms. The third-order valence-corrected chi connectivity index (χ3v) is 3.86. The van der Waals surface area contributed by atoms with Crippen molar-refractivity contribution in [2.45, 2.75) is 13.8 Å². The number of halogens is 3. The number of rotatable bonds is 2. The Hall–Kier alpha value is -1.78. The van der Waals surface area contributed by atoms with Gasteiger partial charge in [-0.1, -0.05) is 23.2 Å². The average Bonchev–Trinajstić information content (AvgIpc) is 2.41. The van der Waals surface area contributed by atoms with Crippen LogP contribution in [0.15, 0.2) is 24.3 Å². The molecular weight excluding hydrogens is 314 g/mol. The Balaban J connectivity index is 2.32. The van der Waals surface area contributed by atoms with Crippen molar-refractivity contribution < 1.29 is 9.18 Å². The normalized spacial score (nSPS) is 10.5. The number of benzene rings is 2. The Morgan fingerprint density at radius 2 is 1.81 bits per heavy atom. The fraction of sp³-hybridized carbons (Fsp3) is 0.133. The molecule has 1 amide bonds. The Morgan fingerprint density at radius 3 is 2.43 bits per heavy atom. The minimum Gasteiger partial charge on any atom is -0.398 e. The lowest BCUT2D eigenvalue weighted by Gasteiger charge is -2.11. The maximum Gasteiger partial charge on any atom is 0.255 e. The molecule has 0 unspecified atom stereocenters. The van der Waals surface area contributed by atoms with Gasteiger partial charge in [0.25, 0.3) is 5.91 Å². The second-order valence-corrected chi connectivity index (χ2v) is 5.52. The van der Waals surface area contributed by atoms with E-state index < -0.39 is 11.7 Å². The highest BCUT2D eigenvalue weighted by molar-refractivity contribution is 6.36. The maximum absolute atomic E-state index is 13.6. The van der Waals surface area contributed by atoms with Gasteiger partial charge in [-0.2, -0.15) is 0 Å². The van der Waals surface area contributed by atoms with Crippen LogP contribution in [-0.2, 0) is 0 Å². The smallest absolute Gasteiger partial charge is 0.255 e. The van der Waals surface area contributed by atoms with Crippen molar-refractivity contribution in [2.24, 2.45) is 0 Å². The lowest BCUT2D eigenvalue weighted by Crippen LogP contribution is -2.13. The van der Waals surface area contributed by atoms with E-state index in [2.05, 4.69) is 5.32 Å². The number of nitrogens with two attached hydrogens (primary N) is 1. The van der Waals surface area contributed by atoms with Gasteiger partial charge in [0.1, 0.15) is 5.82 Å². The van der Waals surface area contributed by atoms with Gasteiger partial charge in [0, 0.05) is 21.8 Å². The molecule has 0 atom stereocenters. The number of nitrogen functional groups attached to an aromatic ring is 1. The molecule has 0 radical (unpaired) electrons. The molecule has 3 N–H and O–H groups in total. The van der Waals surface area contributed by atoms with Crippen LogP contribution in [0.3, 0.4) is 0 Å². The predicted octanol–water partition coefficient (Wildman–Crippen LogP) is 4.58. The highest BCUT2D eigenvalue weighted by Crippen LogP contribution is 2.29. The van der Waals surface area contributed by atoms with Crippen LogP contribution < -0.4 is 11.1 Å². The summed E-state index contributed by atoms with van der Waals surface area (Å²) in [5.41, 5.74) is 7.45. The van der Waals surface area contributed by atoms with Crippen LogP contribution in [0.1, 0.15) is 21.5 Å². The van der Waals surface area contributed by atoms with E-state index in [9.17, 15) is 9.18 Å². The SMILES string of the molecule is Cc1cc(Cl)c(NC(=O)c2cc(N)c(C)c(F)c2)cc1Cl. The zero-order chi connectivity index (χ0) is 15.7. The first-order chi connectivity index (χ1) is 9.79. The third-order valence-electron chi connectivity index (χ3n) is 3.14. The summed E-state index contributed by atoms with van der Waals surface area (Å²) in [7, 11) is 0. The van der Waals surface area contributed by atoms with Crippen molar-refractivity contribution in [3.63, 3.8) is 0 Å². The van der Waals surface area contributed by atoms with Gasteiger partial charge in [-0.05, 0) is 43.7 Å². The van der Waals surface area contributed by atoms with Gasteiger partial charge in [-0.25, -0.2) is 4.39 Å². The second kappa shape index (κ2) is 5.92. The topological polar surface area (TPSA) is 55.1 Å². The van der Waals surface area contributed by atoms with Gasteiger partial charge in [0.2, 0.25) is 0 Å². The molecule has 0 saturated carbocycles. The summed E-state index contributed by atoms with van der Waals surface area (Å²) >= 11 is 12.0. The van der Waals surface area contributed by atoms with Gasteiger partial charge in [-0.3, -0.25) is 4.79 Å². The van der Waals surface area contributed by atoms with Crippen molar-refractivity contribution in [2.75, 3.05) is 11.1 Å². The van der Waals surface area contributed by atoms with Crippen molar-refractivity contribution in [1.29, 1.82) is 0 Å². The van der Waals surface area contributed by atoms with Gasteiger partial charge in [0.15, 0.2) is 0 Å². The summed E-state index contributed by atoms with van der Waals surface area (Å²) in [5.74, 6) is -1.05. The van der Waals surface area contributed by atoms with Gasteiger partial charge in [-0.15, -0.1) is 0 Å². The molecule has 2 aromatic rings. The molecule has 0 aromatic heterocycles. The monoisotopic (exact) mass is 326 g/mol. The lowest BCUT2D eigenvalue weighted by atomic mass is 10.1. The molecule has 2 aromatic carbocycles. The van der Waals surface area contributed by atoms with E-state index in [4.69, 9.17) is 28.9 Å². The van der Waals surface area contributed by atoms with Crippen LogP contribution in [0.2, 0.25) is 10.0 Å². The van der Waals surface area contributed by atoms with Crippen LogP contribution in [-0.4, -0.2) is 5.91 Å². The molecule has 0 bridgehead atoms. The fourth-order valence-electron chi connectivity index (χ4n) is 1.77. The quantitative estimate of drug-likeness (QED) is 0.793. The van der Waals surface area contributed by atoms with Gasteiger partial charge in [0.05, 0.1) is 10.7 Å². The van der Waals surface area contributed by atoms with E-state index in [1.165, 1.54) is 6.07 Å². The highest BCUT2D eigenvalue weighted by atomic mass is 35.5. The molecule has 6 heteroatoms. The summed E-state index contributed by atoms with van der Waals surface area (Å²) < 4.78 is 13.6. The zero-order valence-corrected chi connectivity index (χ0v) is 12.9. The van der Waals surface area contributed by atoms with Crippen LogP contribution in [0.25, 0.3) is 0 Å². The van der Waals surface area contributed by atoms with Crippen LogP contribution >= 0.6 is 23.2 Å². The minimum absolute atomic E-state index is 0.114. The summed E-state index contributed by atoms with van der Waals surface area (Å²) in [6.07, 6.45) is 0. The predicted molar refractivity (Wildman–Crippen MR) is 84.7 cm³/mol. The van der Waals surface area contributed by atoms with E-state index in [1.54, 1.807) is 26.0 Å². The highest BCUT2D eigenvalue weighted by Gasteiger charge is 2.13. The van der Waals surface area contributed by atoms with Crippen molar-refractivity contribution in [3.05, 3.63) is 56.8 Å². The van der Waals surface area contributed by atoms with Gasteiger partial charge < -0.3 is 11.1 Å². The number of aryl methyl sites for hydroxylation is 1. The summed E-state index contributed by atoms with van der Waals surface area (Å²) in [5, 5.41) is 3.42. The molecule has 0 fully saturated rings. The third kappa shape index (κ3) is 3.28. The number of amides is 1. The van der Waals surface area contributed by atoms with Crippen LogP contribution in [0.5, 0.6) is 0 Å². The van der Waals surface area contributed by atoms with Gasteiger partial charge >= 0.3 is 0 Å². The first-order valence-corrected chi connectivity index (χ1v) is 6.88. The molecule has 110 valence electrons. The van der Waals surface area contributed by atoms with E-state index in [1.807, 2.05) is 0 Å². The fourth-order valence-corrected chi connectivity index (χ4v) is 2.20. The zero-order valence-electron chi connectivity index (χ0n) is 11.4. The van der Waals surface area contributed by atoms with Crippen molar-refractivity contribution in [3.8, 4) is 0 Å². The van der Waals surface area contributed by atoms with Crippen LogP contribution in [0, 0.1) is 19.7 Å². The van der Waals surface area contributed by atoms with E-state index >= 15 is 0 Å². The molecular formula is C15H13Cl2FN2O. The molecule has 3 nitrogen and oxygen atoms in total. The number of carbonyl (C=O) groups excluding carboxylic acids is 1. The Bertz CT molecular complexity index is 709. The number of anilines is 2. The molecule has 0 aliphatic heterocycles.